The van der Waals surface area contributed by atoms with Crippen molar-refractivity contribution in [2.45, 2.75) is 6.92 Å². The fourth-order valence-electron chi connectivity index (χ4n) is 1.47. The first-order valence-corrected chi connectivity index (χ1v) is 5.55. The third-order valence-corrected chi connectivity index (χ3v) is 2.43. The molecule has 0 aliphatic carbocycles. The molecule has 0 amide bonds. The average molecular weight is 220 g/mol. The van der Waals surface area contributed by atoms with Crippen LogP contribution in [0.25, 0.3) is 0 Å². The average Bonchev–Trinajstić information content (AvgIpc) is 2.24. The Hall–Kier alpha value is -0.200. The summed E-state index contributed by atoms with van der Waals surface area (Å²) in [4.78, 5) is 4.15. The van der Waals surface area contributed by atoms with Gasteiger partial charge in [-0.2, -0.15) is 0 Å². The minimum absolute atomic E-state index is 0.117. The first-order chi connectivity index (χ1) is 7.28. The molecule has 5 nitrogen and oxygen atoms in total. The SMILES string of the molecule is CCN(CCO)CCN(CCO)CCO. The van der Waals surface area contributed by atoms with Crippen LogP contribution in [0.3, 0.4) is 0 Å². The van der Waals surface area contributed by atoms with E-state index in [9.17, 15) is 0 Å². The smallest absolute Gasteiger partial charge is 0.0558 e. The highest BCUT2D eigenvalue weighted by Gasteiger charge is 2.06. The molecule has 0 aromatic carbocycles. The van der Waals surface area contributed by atoms with Crippen LogP contribution in [0.5, 0.6) is 0 Å². The Morgan fingerprint density at radius 1 is 0.667 bits per heavy atom. The van der Waals surface area contributed by atoms with Crippen LogP contribution in [0.1, 0.15) is 6.92 Å². The van der Waals surface area contributed by atoms with E-state index in [1.807, 2.05) is 4.90 Å². The molecule has 0 aromatic rings. The van der Waals surface area contributed by atoms with Gasteiger partial charge in [-0.15, -0.1) is 0 Å². The minimum Gasteiger partial charge on any atom is -0.395 e. The number of rotatable bonds is 10. The van der Waals surface area contributed by atoms with Crippen molar-refractivity contribution >= 4 is 0 Å². The number of hydrogen-bond acceptors (Lipinski definition) is 5. The van der Waals surface area contributed by atoms with Crippen LogP contribution in [-0.4, -0.2) is 84.2 Å². The maximum atomic E-state index is 8.81. The Bertz CT molecular complexity index is 130. The summed E-state index contributed by atoms with van der Waals surface area (Å²) in [7, 11) is 0. The first kappa shape index (κ1) is 14.8. The van der Waals surface area contributed by atoms with E-state index in [1.165, 1.54) is 0 Å². The summed E-state index contributed by atoms with van der Waals surface area (Å²) in [6, 6.07) is 0. The molecule has 0 aliphatic rings. The number of nitrogens with zero attached hydrogens (tertiary/aromatic N) is 2. The lowest BCUT2D eigenvalue weighted by Gasteiger charge is -2.25. The molecule has 0 spiro atoms. The van der Waals surface area contributed by atoms with Crippen molar-refractivity contribution in [1.29, 1.82) is 0 Å². The maximum Gasteiger partial charge on any atom is 0.0558 e. The van der Waals surface area contributed by atoms with Gasteiger partial charge in [0.05, 0.1) is 19.8 Å². The third kappa shape index (κ3) is 7.70. The minimum atomic E-state index is 0.117. The van der Waals surface area contributed by atoms with Crippen molar-refractivity contribution in [3.63, 3.8) is 0 Å². The van der Waals surface area contributed by atoms with Crippen molar-refractivity contribution in [3.05, 3.63) is 0 Å². The van der Waals surface area contributed by atoms with Crippen LogP contribution in [0.4, 0.5) is 0 Å². The maximum absolute atomic E-state index is 8.81. The van der Waals surface area contributed by atoms with Crippen molar-refractivity contribution in [3.8, 4) is 0 Å². The molecule has 0 radical (unpaired) electrons. The second kappa shape index (κ2) is 10.3. The third-order valence-electron chi connectivity index (χ3n) is 2.43. The summed E-state index contributed by atoms with van der Waals surface area (Å²) in [5.41, 5.74) is 0. The van der Waals surface area contributed by atoms with Gasteiger partial charge in [-0.1, -0.05) is 6.92 Å². The molecule has 5 heteroatoms. The second-order valence-corrected chi connectivity index (χ2v) is 3.45. The molecule has 0 fully saturated rings. The summed E-state index contributed by atoms with van der Waals surface area (Å²) < 4.78 is 0. The van der Waals surface area contributed by atoms with Crippen LogP contribution in [0.15, 0.2) is 0 Å². The molecule has 0 rings (SSSR count). The van der Waals surface area contributed by atoms with E-state index in [-0.39, 0.29) is 19.8 Å². The van der Waals surface area contributed by atoms with Gasteiger partial charge in [0.1, 0.15) is 0 Å². The molecular formula is C10H24N2O3. The molecular weight excluding hydrogens is 196 g/mol. The zero-order chi connectivity index (χ0) is 11.5. The van der Waals surface area contributed by atoms with E-state index in [4.69, 9.17) is 15.3 Å². The van der Waals surface area contributed by atoms with Gasteiger partial charge in [0.2, 0.25) is 0 Å². The molecule has 92 valence electrons. The van der Waals surface area contributed by atoms with Crippen LogP contribution >= 0.6 is 0 Å². The molecule has 0 atom stereocenters. The van der Waals surface area contributed by atoms with Crippen molar-refractivity contribution in [1.82, 2.24) is 9.80 Å². The Morgan fingerprint density at radius 2 is 1.07 bits per heavy atom. The van der Waals surface area contributed by atoms with E-state index in [0.717, 1.165) is 19.6 Å². The van der Waals surface area contributed by atoms with E-state index < -0.39 is 0 Å². The number of aliphatic hydroxyl groups excluding tert-OH is 3. The van der Waals surface area contributed by atoms with Gasteiger partial charge in [0.25, 0.3) is 0 Å². The predicted octanol–water partition coefficient (Wildman–Crippen LogP) is -1.41. The van der Waals surface area contributed by atoms with E-state index in [1.54, 1.807) is 0 Å². The van der Waals surface area contributed by atoms with Gasteiger partial charge < -0.3 is 20.2 Å². The summed E-state index contributed by atoms with van der Waals surface area (Å²) in [6.07, 6.45) is 0. The van der Waals surface area contributed by atoms with Gasteiger partial charge in [-0.05, 0) is 6.54 Å². The predicted molar refractivity (Wildman–Crippen MR) is 59.8 cm³/mol. The van der Waals surface area contributed by atoms with Crippen molar-refractivity contribution < 1.29 is 15.3 Å². The van der Waals surface area contributed by atoms with E-state index in [0.29, 0.717) is 19.6 Å². The highest BCUT2D eigenvalue weighted by atomic mass is 16.3. The molecule has 0 saturated heterocycles. The van der Waals surface area contributed by atoms with Crippen molar-refractivity contribution in [2.75, 3.05) is 59.1 Å². The molecule has 0 aromatic heterocycles. The van der Waals surface area contributed by atoms with Crippen LogP contribution in [0.2, 0.25) is 0 Å². The summed E-state index contributed by atoms with van der Waals surface area (Å²) in [5, 5.41) is 26.4. The zero-order valence-electron chi connectivity index (χ0n) is 9.60. The molecule has 15 heavy (non-hydrogen) atoms. The van der Waals surface area contributed by atoms with Crippen LogP contribution in [-0.2, 0) is 0 Å². The Balaban J connectivity index is 3.73. The Kier molecular flexibility index (Phi) is 10.2. The molecule has 0 bridgehead atoms. The Labute approximate surface area is 91.9 Å². The second-order valence-electron chi connectivity index (χ2n) is 3.45. The lowest BCUT2D eigenvalue weighted by Crippen LogP contribution is -2.38. The van der Waals surface area contributed by atoms with Gasteiger partial charge in [-0.25, -0.2) is 0 Å². The van der Waals surface area contributed by atoms with Gasteiger partial charge in [-0.3, -0.25) is 4.90 Å². The molecule has 0 saturated carbocycles. The fourth-order valence-corrected chi connectivity index (χ4v) is 1.47. The van der Waals surface area contributed by atoms with Gasteiger partial charge >= 0.3 is 0 Å². The summed E-state index contributed by atoms with van der Waals surface area (Å²) in [6.45, 7) is 6.92. The summed E-state index contributed by atoms with van der Waals surface area (Å²) in [5.74, 6) is 0. The molecule has 0 unspecified atom stereocenters. The first-order valence-electron chi connectivity index (χ1n) is 5.55. The van der Waals surface area contributed by atoms with Gasteiger partial charge in [0, 0.05) is 32.7 Å². The quantitative estimate of drug-likeness (QED) is 0.422. The molecule has 0 heterocycles. The van der Waals surface area contributed by atoms with E-state index >= 15 is 0 Å². The number of likely N-dealkylation sites (N-methyl/N-ethyl adjacent to an activating group) is 1. The highest BCUT2D eigenvalue weighted by molar-refractivity contribution is 4.61. The van der Waals surface area contributed by atoms with Crippen molar-refractivity contribution in [2.24, 2.45) is 0 Å². The fraction of sp³-hybridized carbons (Fsp3) is 1.00. The van der Waals surface area contributed by atoms with E-state index in [2.05, 4.69) is 11.8 Å². The number of hydrogen-bond donors (Lipinski definition) is 3. The zero-order valence-corrected chi connectivity index (χ0v) is 9.60. The largest absolute Gasteiger partial charge is 0.395 e. The molecule has 0 aliphatic heterocycles. The summed E-state index contributed by atoms with van der Waals surface area (Å²) >= 11 is 0. The normalized spacial score (nSPS) is 11.6. The number of aliphatic hydroxyl groups is 3. The lowest BCUT2D eigenvalue weighted by atomic mass is 10.4. The van der Waals surface area contributed by atoms with Crippen LogP contribution in [0, 0.1) is 0 Å². The Morgan fingerprint density at radius 3 is 1.47 bits per heavy atom. The van der Waals surface area contributed by atoms with Crippen LogP contribution < -0.4 is 0 Å². The molecule has 3 N–H and O–H groups in total. The highest BCUT2D eigenvalue weighted by Crippen LogP contribution is 1.91. The lowest BCUT2D eigenvalue weighted by molar-refractivity contribution is 0.135. The van der Waals surface area contributed by atoms with Gasteiger partial charge in [0.15, 0.2) is 0 Å². The standard InChI is InChI=1S/C10H24N2O3/c1-2-11(5-8-13)3-4-12(6-9-14)7-10-15/h13-15H,2-10H2,1H3. The topological polar surface area (TPSA) is 67.2 Å². The monoisotopic (exact) mass is 220 g/mol.